The van der Waals surface area contributed by atoms with Gasteiger partial charge in [0.1, 0.15) is 11.4 Å². The number of rotatable bonds is 8. The molecule has 4 rings (SSSR count). The van der Waals surface area contributed by atoms with Gasteiger partial charge in [0.25, 0.3) is 5.91 Å². The lowest BCUT2D eigenvalue weighted by molar-refractivity contribution is -0.136. The van der Waals surface area contributed by atoms with Crippen LogP contribution in [-0.4, -0.2) is 41.5 Å². The van der Waals surface area contributed by atoms with Crippen molar-refractivity contribution < 1.29 is 14.7 Å². The Bertz CT molecular complexity index is 1260. The molecule has 9 heteroatoms. The summed E-state index contributed by atoms with van der Waals surface area (Å²) in [5.74, 6) is -1.10. The molecule has 2 aromatic heterocycles. The van der Waals surface area contributed by atoms with Crippen molar-refractivity contribution in [1.82, 2.24) is 29.9 Å². The van der Waals surface area contributed by atoms with Gasteiger partial charge in [0, 0.05) is 31.8 Å². The maximum Gasteiger partial charge on any atom is 0.303 e. The molecule has 0 aliphatic carbocycles. The van der Waals surface area contributed by atoms with E-state index in [0.717, 1.165) is 22.5 Å². The summed E-state index contributed by atoms with van der Waals surface area (Å²) in [6, 6.07) is 14.6. The van der Waals surface area contributed by atoms with E-state index >= 15 is 0 Å². The smallest absolute Gasteiger partial charge is 0.303 e. The van der Waals surface area contributed by atoms with Crippen molar-refractivity contribution in [3.05, 3.63) is 83.9 Å². The third-order valence-electron chi connectivity index (χ3n) is 4.96. The number of hydrogen-bond acceptors (Lipinski definition) is 5. The van der Waals surface area contributed by atoms with Gasteiger partial charge in [0.2, 0.25) is 0 Å². The number of nitrogens with zero attached hydrogens (tertiary/aromatic N) is 5. The number of para-hydroxylation sites is 1. The van der Waals surface area contributed by atoms with Gasteiger partial charge >= 0.3 is 5.97 Å². The molecule has 0 bridgehead atoms. The van der Waals surface area contributed by atoms with Crippen molar-refractivity contribution in [3.63, 3.8) is 0 Å². The van der Waals surface area contributed by atoms with Gasteiger partial charge in [-0.2, -0.15) is 0 Å². The van der Waals surface area contributed by atoms with Crippen molar-refractivity contribution in [1.29, 1.82) is 0 Å². The summed E-state index contributed by atoms with van der Waals surface area (Å²) in [5, 5.41) is 20.2. The summed E-state index contributed by atoms with van der Waals surface area (Å²) < 4.78 is 3.51. The number of carbonyl (C=O) groups is 2. The molecule has 2 heterocycles. The van der Waals surface area contributed by atoms with Crippen LogP contribution in [0.15, 0.2) is 67.3 Å². The van der Waals surface area contributed by atoms with Crippen LogP contribution in [0.2, 0.25) is 0 Å². The van der Waals surface area contributed by atoms with Gasteiger partial charge in [-0.3, -0.25) is 9.59 Å². The van der Waals surface area contributed by atoms with Crippen LogP contribution in [0.3, 0.4) is 0 Å². The van der Waals surface area contributed by atoms with Crippen LogP contribution in [0.1, 0.15) is 27.9 Å². The summed E-state index contributed by atoms with van der Waals surface area (Å²) in [6.45, 7) is 0.299. The lowest BCUT2D eigenvalue weighted by Gasteiger charge is -2.11. The van der Waals surface area contributed by atoms with Crippen LogP contribution in [0.4, 0.5) is 0 Å². The second kappa shape index (κ2) is 9.25. The van der Waals surface area contributed by atoms with E-state index in [2.05, 4.69) is 20.6 Å². The fourth-order valence-electron chi connectivity index (χ4n) is 3.32. The molecular weight excluding hydrogens is 408 g/mol. The second-order valence-corrected chi connectivity index (χ2v) is 7.38. The summed E-state index contributed by atoms with van der Waals surface area (Å²) >= 11 is 0. The normalized spacial score (nSPS) is 10.8. The van der Waals surface area contributed by atoms with E-state index in [1.807, 2.05) is 48.1 Å². The number of aromatic nitrogens is 5. The van der Waals surface area contributed by atoms with E-state index in [0.29, 0.717) is 24.2 Å². The molecule has 162 valence electrons. The lowest BCUT2D eigenvalue weighted by Crippen LogP contribution is -2.23. The molecule has 0 fully saturated rings. The molecule has 32 heavy (non-hydrogen) atoms. The maximum absolute atomic E-state index is 12.7. The quantitative estimate of drug-likeness (QED) is 0.444. The van der Waals surface area contributed by atoms with E-state index < -0.39 is 5.97 Å². The molecule has 0 spiro atoms. The molecule has 0 saturated heterocycles. The zero-order valence-electron chi connectivity index (χ0n) is 17.5. The standard InChI is InChI=1S/C23H22N6O3/c1-28-13-19(25-15-28)20-14-29(27-26-20)21-8-3-2-6-18(21)12-24-23(32)17-7-4-5-16(11-17)9-10-22(30)31/h2-8,11,13-15H,9-10,12H2,1H3,(H,24,32)(H,30,31). The predicted molar refractivity (Wildman–Crippen MR) is 117 cm³/mol. The average Bonchev–Trinajstić information content (AvgIpc) is 3.45. The molecule has 0 atom stereocenters. The Morgan fingerprint density at radius 3 is 2.69 bits per heavy atom. The Morgan fingerprint density at radius 2 is 1.91 bits per heavy atom. The van der Waals surface area contributed by atoms with Gasteiger partial charge in [0.05, 0.1) is 18.2 Å². The highest BCUT2D eigenvalue weighted by molar-refractivity contribution is 5.94. The Hall–Kier alpha value is -4.27. The molecular formula is C23H22N6O3. The third kappa shape index (κ3) is 4.89. The van der Waals surface area contributed by atoms with Crippen LogP contribution in [0, 0.1) is 0 Å². The van der Waals surface area contributed by atoms with Gasteiger partial charge < -0.3 is 15.0 Å². The molecule has 0 radical (unpaired) electrons. The van der Waals surface area contributed by atoms with Crippen LogP contribution in [0.25, 0.3) is 17.1 Å². The van der Waals surface area contributed by atoms with Crippen LogP contribution in [0.5, 0.6) is 0 Å². The van der Waals surface area contributed by atoms with Gasteiger partial charge in [-0.25, -0.2) is 9.67 Å². The monoisotopic (exact) mass is 430 g/mol. The molecule has 1 amide bonds. The molecule has 0 aliphatic heterocycles. The van der Waals surface area contributed by atoms with Gasteiger partial charge in [0.15, 0.2) is 0 Å². The Labute approximate surface area is 184 Å². The SMILES string of the molecule is Cn1cnc(-c2cn(-c3ccccc3CNC(=O)c3cccc(CCC(=O)O)c3)nn2)c1. The number of aliphatic carboxylic acids is 1. The minimum Gasteiger partial charge on any atom is -0.481 e. The lowest BCUT2D eigenvalue weighted by atomic mass is 10.1. The van der Waals surface area contributed by atoms with Crippen molar-refractivity contribution in [2.75, 3.05) is 0 Å². The zero-order valence-corrected chi connectivity index (χ0v) is 17.5. The van der Waals surface area contributed by atoms with Crippen LogP contribution < -0.4 is 5.32 Å². The van der Waals surface area contributed by atoms with Crippen LogP contribution >= 0.6 is 0 Å². The maximum atomic E-state index is 12.7. The topological polar surface area (TPSA) is 115 Å². The van der Waals surface area contributed by atoms with E-state index in [4.69, 9.17) is 5.11 Å². The van der Waals surface area contributed by atoms with Gasteiger partial charge in [-0.15, -0.1) is 5.10 Å². The number of aryl methyl sites for hydroxylation is 2. The number of carbonyl (C=O) groups excluding carboxylic acids is 1. The highest BCUT2D eigenvalue weighted by Gasteiger charge is 2.12. The first-order chi connectivity index (χ1) is 15.5. The summed E-state index contributed by atoms with van der Waals surface area (Å²) in [4.78, 5) is 27.8. The molecule has 0 aliphatic rings. The van der Waals surface area contributed by atoms with Gasteiger partial charge in [-0.05, 0) is 35.7 Å². The molecule has 4 aromatic rings. The Morgan fingerprint density at radius 1 is 1.06 bits per heavy atom. The summed E-state index contributed by atoms with van der Waals surface area (Å²) in [7, 11) is 1.89. The number of carboxylic acids is 1. The molecule has 0 saturated carbocycles. The fourth-order valence-corrected chi connectivity index (χ4v) is 3.32. The average molecular weight is 430 g/mol. The molecule has 9 nitrogen and oxygen atoms in total. The van der Waals surface area contributed by atoms with E-state index in [1.165, 1.54) is 0 Å². The Kier molecular flexibility index (Phi) is 6.07. The van der Waals surface area contributed by atoms with E-state index in [-0.39, 0.29) is 12.3 Å². The molecule has 2 N–H and O–H groups in total. The number of carboxylic acid groups (broad SMARTS) is 1. The first-order valence-corrected chi connectivity index (χ1v) is 10.1. The minimum atomic E-state index is -0.865. The first-order valence-electron chi connectivity index (χ1n) is 10.1. The Balaban J connectivity index is 1.47. The minimum absolute atomic E-state index is 0.0246. The second-order valence-electron chi connectivity index (χ2n) is 7.38. The largest absolute Gasteiger partial charge is 0.481 e. The molecule has 0 unspecified atom stereocenters. The van der Waals surface area contributed by atoms with E-state index in [9.17, 15) is 9.59 Å². The number of imidazole rings is 1. The summed E-state index contributed by atoms with van der Waals surface area (Å²) in [6.07, 6.45) is 5.77. The first kappa shape index (κ1) is 21.0. The van der Waals surface area contributed by atoms with E-state index in [1.54, 1.807) is 35.4 Å². The van der Waals surface area contributed by atoms with Crippen molar-refractivity contribution >= 4 is 11.9 Å². The van der Waals surface area contributed by atoms with Crippen LogP contribution in [-0.2, 0) is 24.8 Å². The number of nitrogens with one attached hydrogen (secondary N) is 1. The number of hydrogen-bond donors (Lipinski definition) is 2. The highest BCUT2D eigenvalue weighted by Crippen LogP contribution is 2.18. The third-order valence-corrected chi connectivity index (χ3v) is 4.96. The summed E-state index contributed by atoms with van der Waals surface area (Å²) in [5.41, 5.74) is 4.36. The fraction of sp³-hybridized carbons (Fsp3) is 0.174. The van der Waals surface area contributed by atoms with Gasteiger partial charge in [-0.1, -0.05) is 35.5 Å². The van der Waals surface area contributed by atoms with Crippen molar-refractivity contribution in [2.24, 2.45) is 7.05 Å². The predicted octanol–water partition coefficient (Wildman–Crippen LogP) is 2.62. The van der Waals surface area contributed by atoms with Crippen molar-refractivity contribution in [3.8, 4) is 17.1 Å². The zero-order chi connectivity index (χ0) is 22.5. The van der Waals surface area contributed by atoms with Crippen molar-refractivity contribution in [2.45, 2.75) is 19.4 Å². The number of benzene rings is 2. The molecule has 2 aromatic carbocycles. The highest BCUT2D eigenvalue weighted by atomic mass is 16.4. The number of amides is 1.